The molecule has 5 heteroatoms. The second kappa shape index (κ2) is 8.27. The molecule has 2 rings (SSSR count). The quantitative estimate of drug-likeness (QED) is 0.534. The molecule has 122 valence electrons. The predicted octanol–water partition coefficient (Wildman–Crippen LogP) is -1.57. The largest absolute Gasteiger partial charge is 0.491 e. The number of aliphatic hydroxyl groups excluding tert-OH is 1. The molecule has 0 aliphatic carbocycles. The van der Waals surface area contributed by atoms with Crippen molar-refractivity contribution in [1.29, 1.82) is 0 Å². The molecule has 1 atom stereocenters. The van der Waals surface area contributed by atoms with Crippen molar-refractivity contribution in [3.05, 3.63) is 29.8 Å². The number of ketones is 1. The molecule has 0 aromatic heterocycles. The highest BCUT2D eigenvalue weighted by atomic mass is 16.5. The van der Waals surface area contributed by atoms with Crippen molar-refractivity contribution in [3.8, 4) is 5.75 Å². The van der Waals surface area contributed by atoms with E-state index in [1.54, 1.807) is 29.2 Å². The molecule has 1 heterocycles. The molecule has 1 saturated heterocycles. The van der Waals surface area contributed by atoms with Gasteiger partial charge in [-0.3, -0.25) is 4.79 Å². The van der Waals surface area contributed by atoms with Crippen LogP contribution in [0.2, 0.25) is 0 Å². The fraction of sp³-hybridized carbons (Fsp3) is 0.588. The van der Waals surface area contributed by atoms with Gasteiger partial charge in [-0.25, -0.2) is 0 Å². The van der Waals surface area contributed by atoms with Crippen molar-refractivity contribution in [1.82, 2.24) is 0 Å². The van der Waals surface area contributed by atoms with Crippen molar-refractivity contribution >= 4 is 5.78 Å². The number of carbonyl (C=O) groups excluding carboxylic acids is 1. The van der Waals surface area contributed by atoms with Crippen LogP contribution in [0.5, 0.6) is 5.75 Å². The van der Waals surface area contributed by atoms with E-state index in [1.807, 2.05) is 6.92 Å². The molecular weight excluding hydrogens is 280 g/mol. The normalized spacial score (nSPS) is 23.0. The summed E-state index contributed by atoms with van der Waals surface area (Å²) in [5.74, 6) is 0.830. The topological polar surface area (TPSA) is 55.4 Å². The molecule has 3 N–H and O–H groups in total. The summed E-state index contributed by atoms with van der Waals surface area (Å²) in [4.78, 5) is 14.6. The SMILES string of the molecule is CCC(=O)c1ccc(OC[C@H](O)C[NH+]2CC[NH+](C)CC2)cc1. The number of hydrogen-bond donors (Lipinski definition) is 3. The first-order valence-corrected chi connectivity index (χ1v) is 8.17. The van der Waals surface area contributed by atoms with E-state index < -0.39 is 6.10 Å². The fourth-order valence-electron chi connectivity index (χ4n) is 2.76. The Morgan fingerprint density at radius 1 is 1.23 bits per heavy atom. The number of nitrogens with one attached hydrogen (secondary N) is 2. The zero-order valence-corrected chi connectivity index (χ0v) is 13.6. The summed E-state index contributed by atoms with van der Waals surface area (Å²) in [6.45, 7) is 7.43. The zero-order valence-electron chi connectivity index (χ0n) is 13.6. The maximum absolute atomic E-state index is 11.5. The number of rotatable bonds is 7. The first-order valence-electron chi connectivity index (χ1n) is 8.17. The third-order valence-corrected chi connectivity index (χ3v) is 4.27. The molecule has 1 aliphatic heterocycles. The van der Waals surface area contributed by atoms with Crippen LogP contribution in [0.4, 0.5) is 0 Å². The maximum atomic E-state index is 11.5. The van der Waals surface area contributed by atoms with Crippen LogP contribution in [0.15, 0.2) is 24.3 Å². The standard InChI is InChI=1S/C17H26N2O3/c1-3-17(21)14-4-6-16(7-5-14)22-13-15(20)12-19-10-8-18(2)9-11-19/h4-7,15,20H,3,8-13H2,1-2H3/p+2/t15-/m1/s1. The molecule has 0 spiro atoms. The Morgan fingerprint density at radius 2 is 1.86 bits per heavy atom. The number of benzene rings is 1. The average molecular weight is 308 g/mol. The van der Waals surface area contributed by atoms with Crippen LogP contribution >= 0.6 is 0 Å². The lowest BCUT2D eigenvalue weighted by Gasteiger charge is -2.28. The summed E-state index contributed by atoms with van der Waals surface area (Å²) in [5, 5.41) is 10.1. The molecule has 0 radical (unpaired) electrons. The van der Waals surface area contributed by atoms with Gasteiger partial charge in [-0.1, -0.05) is 6.92 Å². The van der Waals surface area contributed by atoms with Gasteiger partial charge in [0.1, 0.15) is 51.2 Å². The smallest absolute Gasteiger partial charge is 0.162 e. The maximum Gasteiger partial charge on any atom is 0.162 e. The number of hydrogen-bond acceptors (Lipinski definition) is 3. The van der Waals surface area contributed by atoms with Crippen molar-refractivity contribution in [2.75, 3.05) is 46.4 Å². The van der Waals surface area contributed by atoms with E-state index >= 15 is 0 Å². The van der Waals surface area contributed by atoms with Crippen LogP contribution in [-0.2, 0) is 0 Å². The van der Waals surface area contributed by atoms with E-state index in [9.17, 15) is 9.90 Å². The first-order chi connectivity index (χ1) is 10.6. The van der Waals surface area contributed by atoms with E-state index in [-0.39, 0.29) is 5.78 Å². The van der Waals surface area contributed by atoms with Gasteiger partial charge in [0.05, 0.1) is 7.05 Å². The lowest BCUT2D eigenvalue weighted by Crippen LogP contribution is -3.27. The minimum atomic E-state index is -0.453. The van der Waals surface area contributed by atoms with Crippen molar-refractivity contribution < 1.29 is 24.4 Å². The minimum absolute atomic E-state index is 0.132. The Balaban J connectivity index is 1.74. The van der Waals surface area contributed by atoms with Gasteiger partial charge in [0.15, 0.2) is 5.78 Å². The van der Waals surface area contributed by atoms with E-state index in [2.05, 4.69) is 7.05 Å². The molecule has 22 heavy (non-hydrogen) atoms. The van der Waals surface area contributed by atoms with Gasteiger partial charge in [-0.2, -0.15) is 0 Å². The van der Waals surface area contributed by atoms with Gasteiger partial charge in [0.25, 0.3) is 0 Å². The highest BCUT2D eigenvalue weighted by Gasteiger charge is 2.22. The summed E-state index contributed by atoms with van der Waals surface area (Å²) in [6.07, 6.45) is 0.0550. The zero-order chi connectivity index (χ0) is 15.9. The molecule has 1 aromatic rings. The summed E-state index contributed by atoms with van der Waals surface area (Å²) in [5.41, 5.74) is 0.708. The van der Waals surface area contributed by atoms with Crippen molar-refractivity contribution in [3.63, 3.8) is 0 Å². The van der Waals surface area contributed by atoms with Crippen LogP contribution in [-0.4, -0.2) is 63.4 Å². The van der Waals surface area contributed by atoms with Gasteiger partial charge in [-0.15, -0.1) is 0 Å². The second-order valence-corrected chi connectivity index (χ2v) is 6.18. The van der Waals surface area contributed by atoms with Gasteiger partial charge in [-0.05, 0) is 24.3 Å². The number of likely N-dealkylation sites (N-methyl/N-ethyl adjacent to an activating group) is 1. The lowest BCUT2D eigenvalue weighted by molar-refractivity contribution is -1.00. The molecule has 0 saturated carbocycles. The third-order valence-electron chi connectivity index (χ3n) is 4.27. The molecule has 5 nitrogen and oxygen atoms in total. The Labute approximate surface area is 132 Å². The summed E-state index contributed by atoms with van der Waals surface area (Å²) in [7, 11) is 2.21. The fourth-order valence-corrected chi connectivity index (χ4v) is 2.76. The highest BCUT2D eigenvalue weighted by Crippen LogP contribution is 2.13. The molecule has 1 fully saturated rings. The second-order valence-electron chi connectivity index (χ2n) is 6.18. The Hall–Kier alpha value is -1.43. The van der Waals surface area contributed by atoms with Gasteiger partial charge < -0.3 is 19.6 Å². The number of piperazine rings is 1. The van der Waals surface area contributed by atoms with Crippen LogP contribution < -0.4 is 14.5 Å². The van der Waals surface area contributed by atoms with Crippen LogP contribution in [0.1, 0.15) is 23.7 Å². The monoisotopic (exact) mass is 308 g/mol. The van der Waals surface area contributed by atoms with Crippen LogP contribution in [0.3, 0.4) is 0 Å². The van der Waals surface area contributed by atoms with Crippen LogP contribution in [0.25, 0.3) is 0 Å². The number of quaternary nitrogens is 2. The summed E-state index contributed by atoms with van der Waals surface area (Å²) >= 11 is 0. The Morgan fingerprint density at radius 3 is 2.45 bits per heavy atom. The minimum Gasteiger partial charge on any atom is -0.491 e. The molecule has 0 amide bonds. The third kappa shape index (κ3) is 5.09. The summed E-state index contributed by atoms with van der Waals surface area (Å²) in [6, 6.07) is 7.15. The predicted molar refractivity (Wildman–Crippen MR) is 84.7 cm³/mol. The van der Waals surface area contributed by atoms with Crippen molar-refractivity contribution in [2.24, 2.45) is 0 Å². The van der Waals surface area contributed by atoms with Crippen LogP contribution in [0, 0.1) is 0 Å². The van der Waals surface area contributed by atoms with E-state index in [0.29, 0.717) is 24.3 Å². The Bertz CT molecular complexity index is 467. The van der Waals surface area contributed by atoms with E-state index in [0.717, 1.165) is 32.7 Å². The molecule has 0 bridgehead atoms. The number of aliphatic hydroxyl groups is 1. The lowest BCUT2D eigenvalue weighted by atomic mass is 10.1. The highest BCUT2D eigenvalue weighted by molar-refractivity contribution is 5.95. The average Bonchev–Trinajstić information content (AvgIpc) is 2.55. The van der Waals surface area contributed by atoms with Gasteiger partial charge in [0.2, 0.25) is 0 Å². The van der Waals surface area contributed by atoms with Gasteiger partial charge >= 0.3 is 0 Å². The summed E-state index contributed by atoms with van der Waals surface area (Å²) < 4.78 is 5.62. The van der Waals surface area contributed by atoms with E-state index in [1.165, 1.54) is 4.90 Å². The Kier molecular flexibility index (Phi) is 6.36. The van der Waals surface area contributed by atoms with E-state index in [4.69, 9.17) is 4.74 Å². The number of ether oxygens (including phenoxy) is 1. The molecule has 1 aliphatic rings. The molecule has 1 aromatic carbocycles. The van der Waals surface area contributed by atoms with Crippen molar-refractivity contribution in [2.45, 2.75) is 19.4 Å². The van der Waals surface area contributed by atoms with Gasteiger partial charge in [0, 0.05) is 12.0 Å². The molecule has 0 unspecified atom stereocenters. The number of Topliss-reactive ketones (excluding diaryl/α,β-unsaturated/α-hetero) is 1. The first kappa shape index (κ1) is 16.9. The molecular formula is C17H28N2O3+2. The number of carbonyl (C=O) groups is 1.